The number of thioether (sulfide) groups is 1. The Balaban J connectivity index is 1.40. The maximum absolute atomic E-state index is 13.7. The Labute approximate surface area is 163 Å². The molecule has 2 N–H and O–H groups in total. The number of halogens is 1. The molecule has 27 heavy (non-hydrogen) atoms. The van der Waals surface area contributed by atoms with Crippen LogP contribution in [0.4, 0.5) is 10.1 Å². The van der Waals surface area contributed by atoms with Crippen LogP contribution in [0, 0.1) is 12.7 Å². The highest BCUT2D eigenvalue weighted by molar-refractivity contribution is 7.99. The normalized spacial score (nSPS) is 13.1. The van der Waals surface area contributed by atoms with Gasteiger partial charge in [-0.05, 0) is 49.4 Å². The van der Waals surface area contributed by atoms with Gasteiger partial charge in [-0.3, -0.25) is 9.59 Å². The second kappa shape index (κ2) is 7.44. The minimum absolute atomic E-state index is 0.0960. The summed E-state index contributed by atoms with van der Waals surface area (Å²) in [6, 6.07) is 4.58. The summed E-state index contributed by atoms with van der Waals surface area (Å²) in [7, 11) is 0. The first kappa shape index (κ1) is 18.2. The molecule has 2 aromatic heterocycles. The van der Waals surface area contributed by atoms with Gasteiger partial charge in [0.05, 0.1) is 22.6 Å². The molecule has 1 aliphatic carbocycles. The van der Waals surface area contributed by atoms with Gasteiger partial charge in [-0.2, -0.15) is 0 Å². The van der Waals surface area contributed by atoms with E-state index in [1.165, 1.54) is 22.7 Å². The number of thiophene rings is 1. The molecular weight excluding hydrogens is 385 g/mol. The van der Waals surface area contributed by atoms with Gasteiger partial charge >= 0.3 is 0 Å². The van der Waals surface area contributed by atoms with Gasteiger partial charge in [0.2, 0.25) is 5.91 Å². The topological polar surface area (TPSA) is 74.8 Å². The van der Waals surface area contributed by atoms with Crippen LogP contribution in [-0.2, 0) is 23.4 Å². The first-order valence-corrected chi connectivity index (χ1v) is 10.7. The van der Waals surface area contributed by atoms with Gasteiger partial charge in [0.1, 0.15) is 16.5 Å². The van der Waals surface area contributed by atoms with Crippen molar-refractivity contribution < 1.29 is 9.18 Å². The van der Waals surface area contributed by atoms with Gasteiger partial charge in [0.25, 0.3) is 5.56 Å². The Morgan fingerprint density at radius 3 is 3.11 bits per heavy atom. The SMILES string of the molecule is Cc1ccc(F)c(NC(=O)CSCc2nc3sc4c(c3c(=O)[nH]2)CCC4)c1. The van der Waals surface area contributed by atoms with Crippen LogP contribution in [0.5, 0.6) is 0 Å². The number of carbonyl (C=O) groups is 1. The number of amides is 1. The van der Waals surface area contributed by atoms with E-state index in [-0.39, 0.29) is 22.9 Å². The van der Waals surface area contributed by atoms with Crippen LogP contribution < -0.4 is 10.9 Å². The molecule has 1 aromatic carbocycles. The van der Waals surface area contributed by atoms with Crippen molar-refractivity contribution in [2.45, 2.75) is 31.9 Å². The van der Waals surface area contributed by atoms with E-state index in [1.807, 2.05) is 6.92 Å². The summed E-state index contributed by atoms with van der Waals surface area (Å²) in [4.78, 5) is 33.9. The number of nitrogens with zero attached hydrogens (tertiary/aromatic N) is 1. The number of aromatic amines is 1. The molecule has 2 heterocycles. The molecule has 0 atom stereocenters. The van der Waals surface area contributed by atoms with E-state index in [9.17, 15) is 14.0 Å². The highest BCUT2D eigenvalue weighted by atomic mass is 32.2. The minimum atomic E-state index is -0.457. The monoisotopic (exact) mass is 403 g/mol. The van der Waals surface area contributed by atoms with Gasteiger partial charge in [-0.1, -0.05) is 6.07 Å². The molecule has 0 unspecified atom stereocenters. The molecule has 5 nitrogen and oxygen atoms in total. The summed E-state index contributed by atoms with van der Waals surface area (Å²) in [5.41, 5.74) is 2.11. The van der Waals surface area contributed by atoms with Crippen molar-refractivity contribution in [3.05, 3.63) is 56.2 Å². The average Bonchev–Trinajstić information content (AvgIpc) is 3.18. The fourth-order valence-electron chi connectivity index (χ4n) is 3.28. The van der Waals surface area contributed by atoms with Crippen LogP contribution in [0.3, 0.4) is 0 Å². The minimum Gasteiger partial charge on any atom is -0.323 e. The Bertz CT molecular complexity index is 1090. The molecule has 0 saturated carbocycles. The lowest BCUT2D eigenvalue weighted by Gasteiger charge is -2.07. The molecule has 1 amide bonds. The summed E-state index contributed by atoms with van der Waals surface area (Å²) >= 11 is 2.93. The summed E-state index contributed by atoms with van der Waals surface area (Å²) in [5.74, 6) is 0.379. The molecule has 0 fully saturated rings. The summed E-state index contributed by atoms with van der Waals surface area (Å²) in [6.07, 6.45) is 3.07. The maximum Gasteiger partial charge on any atom is 0.259 e. The third-order valence-electron chi connectivity index (χ3n) is 4.49. The Morgan fingerprint density at radius 1 is 1.41 bits per heavy atom. The van der Waals surface area contributed by atoms with E-state index in [1.54, 1.807) is 23.5 Å². The predicted octanol–water partition coefficient (Wildman–Crippen LogP) is 3.79. The highest BCUT2D eigenvalue weighted by Crippen LogP contribution is 2.34. The van der Waals surface area contributed by atoms with Crippen molar-refractivity contribution >= 4 is 44.9 Å². The van der Waals surface area contributed by atoms with Crippen molar-refractivity contribution in [2.24, 2.45) is 0 Å². The maximum atomic E-state index is 13.7. The highest BCUT2D eigenvalue weighted by Gasteiger charge is 2.21. The first-order chi connectivity index (χ1) is 13.0. The zero-order valence-electron chi connectivity index (χ0n) is 14.7. The second-order valence-electron chi connectivity index (χ2n) is 6.57. The molecule has 0 spiro atoms. The van der Waals surface area contributed by atoms with Gasteiger partial charge < -0.3 is 10.3 Å². The lowest BCUT2D eigenvalue weighted by atomic mass is 10.2. The van der Waals surface area contributed by atoms with Crippen LogP contribution in [0.25, 0.3) is 10.2 Å². The predicted molar refractivity (Wildman–Crippen MR) is 108 cm³/mol. The Morgan fingerprint density at radius 2 is 2.26 bits per heavy atom. The number of aryl methyl sites for hydroxylation is 3. The average molecular weight is 404 g/mol. The number of benzene rings is 1. The van der Waals surface area contributed by atoms with E-state index < -0.39 is 5.82 Å². The molecule has 0 saturated heterocycles. The zero-order chi connectivity index (χ0) is 19.0. The summed E-state index contributed by atoms with van der Waals surface area (Å²) in [6.45, 7) is 1.84. The summed E-state index contributed by atoms with van der Waals surface area (Å²) < 4.78 is 13.7. The smallest absolute Gasteiger partial charge is 0.259 e. The molecule has 0 radical (unpaired) electrons. The number of hydrogen-bond acceptors (Lipinski definition) is 5. The quantitative estimate of drug-likeness (QED) is 0.680. The third kappa shape index (κ3) is 3.77. The van der Waals surface area contributed by atoms with Crippen LogP contribution in [0.15, 0.2) is 23.0 Å². The van der Waals surface area contributed by atoms with Crippen LogP contribution in [-0.4, -0.2) is 21.6 Å². The van der Waals surface area contributed by atoms with Crippen LogP contribution in [0.1, 0.15) is 28.2 Å². The standard InChI is InChI=1S/C19H18FN3O2S2/c1-10-5-6-12(20)13(7-10)21-16(24)9-26-8-15-22-18(25)17-11-3-2-4-14(11)27-19(17)23-15/h5-7H,2-4,8-9H2,1H3,(H,21,24)(H,22,23,25). The molecule has 0 bridgehead atoms. The van der Waals surface area contributed by atoms with E-state index in [0.717, 1.165) is 40.6 Å². The van der Waals surface area contributed by atoms with Gasteiger partial charge in [-0.15, -0.1) is 23.1 Å². The number of aromatic nitrogens is 2. The van der Waals surface area contributed by atoms with Crippen molar-refractivity contribution in [3.63, 3.8) is 0 Å². The fraction of sp³-hybridized carbons (Fsp3) is 0.316. The number of anilines is 1. The van der Waals surface area contributed by atoms with Crippen molar-refractivity contribution in [2.75, 3.05) is 11.1 Å². The van der Waals surface area contributed by atoms with Gasteiger partial charge in [-0.25, -0.2) is 9.37 Å². The largest absolute Gasteiger partial charge is 0.323 e. The van der Waals surface area contributed by atoms with Crippen molar-refractivity contribution in [1.82, 2.24) is 9.97 Å². The molecule has 140 valence electrons. The number of hydrogen-bond donors (Lipinski definition) is 2. The van der Waals surface area contributed by atoms with E-state index >= 15 is 0 Å². The molecule has 4 rings (SSSR count). The fourth-order valence-corrected chi connectivity index (χ4v) is 5.25. The number of nitrogens with one attached hydrogen (secondary N) is 2. The lowest BCUT2D eigenvalue weighted by Crippen LogP contribution is -2.16. The first-order valence-electron chi connectivity index (χ1n) is 8.68. The van der Waals surface area contributed by atoms with Crippen molar-refractivity contribution in [3.8, 4) is 0 Å². The van der Waals surface area contributed by atoms with E-state index in [4.69, 9.17) is 0 Å². The molecule has 8 heteroatoms. The zero-order valence-corrected chi connectivity index (χ0v) is 16.4. The van der Waals surface area contributed by atoms with Gasteiger partial charge in [0.15, 0.2) is 0 Å². The molecule has 0 aliphatic heterocycles. The third-order valence-corrected chi connectivity index (χ3v) is 6.62. The Hall–Kier alpha value is -2.19. The van der Waals surface area contributed by atoms with Gasteiger partial charge in [0, 0.05) is 4.88 Å². The lowest BCUT2D eigenvalue weighted by molar-refractivity contribution is -0.113. The molecule has 1 aliphatic rings. The number of fused-ring (bicyclic) bond motifs is 3. The van der Waals surface area contributed by atoms with Crippen LogP contribution >= 0.6 is 23.1 Å². The molecule has 3 aromatic rings. The second-order valence-corrected chi connectivity index (χ2v) is 8.64. The number of H-pyrrole nitrogens is 1. The number of rotatable bonds is 5. The number of carbonyl (C=O) groups excluding carboxylic acids is 1. The molecular formula is C19H18FN3O2S2. The van der Waals surface area contributed by atoms with Crippen LogP contribution in [0.2, 0.25) is 0 Å². The van der Waals surface area contributed by atoms with Crippen molar-refractivity contribution in [1.29, 1.82) is 0 Å². The van der Waals surface area contributed by atoms with E-state index in [0.29, 0.717) is 11.6 Å². The van der Waals surface area contributed by atoms with E-state index in [2.05, 4.69) is 15.3 Å². The summed E-state index contributed by atoms with van der Waals surface area (Å²) in [5, 5.41) is 3.31. The Kier molecular flexibility index (Phi) is 5.01.